The maximum absolute atomic E-state index is 12.1. The van der Waals surface area contributed by atoms with Gasteiger partial charge in [0.2, 0.25) is 5.91 Å². The number of nitrogens with two attached hydrogens (primary N) is 1. The van der Waals surface area contributed by atoms with Crippen molar-refractivity contribution in [2.45, 2.75) is 24.9 Å². The van der Waals surface area contributed by atoms with E-state index in [2.05, 4.69) is 10.2 Å². The Bertz CT molecular complexity index is 504. The number of methoxy groups -OCH3 is 1. The predicted octanol–water partition coefficient (Wildman–Crippen LogP) is 1.89. The van der Waals surface area contributed by atoms with E-state index < -0.39 is 6.04 Å². The number of nitrogens with one attached hydrogen (secondary N) is 1. The normalized spacial score (nSPS) is 18.2. The Morgan fingerprint density at radius 1 is 1.52 bits per heavy atom. The number of thioether (sulfide) groups is 1. The van der Waals surface area contributed by atoms with E-state index in [-0.39, 0.29) is 24.4 Å². The van der Waals surface area contributed by atoms with Gasteiger partial charge in [-0.15, -0.1) is 12.4 Å². The molecule has 0 aliphatic carbocycles. The first kappa shape index (κ1) is 19.9. The maximum Gasteiger partial charge on any atom is 0.237 e. The number of carbonyl (C=O) groups excluding carboxylic acids is 1. The Hall–Kier alpha value is -1.11. The molecule has 1 heterocycles. The second kappa shape index (κ2) is 9.90. The van der Waals surface area contributed by atoms with Crippen molar-refractivity contribution < 1.29 is 9.53 Å². The minimum Gasteiger partial charge on any atom is -0.495 e. The van der Waals surface area contributed by atoms with Crippen LogP contribution < -0.4 is 20.7 Å². The van der Waals surface area contributed by atoms with Gasteiger partial charge >= 0.3 is 0 Å². The average molecular weight is 360 g/mol. The molecule has 23 heavy (non-hydrogen) atoms. The van der Waals surface area contributed by atoms with Crippen molar-refractivity contribution in [2.24, 2.45) is 5.73 Å². The lowest BCUT2D eigenvalue weighted by atomic mass is 10.2. The largest absolute Gasteiger partial charge is 0.495 e. The van der Waals surface area contributed by atoms with Crippen LogP contribution >= 0.6 is 24.2 Å². The van der Waals surface area contributed by atoms with E-state index >= 15 is 0 Å². The van der Waals surface area contributed by atoms with Crippen molar-refractivity contribution in [2.75, 3.05) is 37.1 Å². The molecule has 2 atom stereocenters. The van der Waals surface area contributed by atoms with Gasteiger partial charge in [-0.25, -0.2) is 0 Å². The third kappa shape index (κ3) is 5.48. The highest BCUT2D eigenvalue weighted by Crippen LogP contribution is 2.30. The molecule has 1 unspecified atom stereocenters. The average Bonchev–Trinajstić information content (AvgIpc) is 3.00. The van der Waals surface area contributed by atoms with Crippen LogP contribution in [0.2, 0.25) is 0 Å². The van der Waals surface area contributed by atoms with Crippen LogP contribution in [0.4, 0.5) is 5.69 Å². The summed E-state index contributed by atoms with van der Waals surface area (Å²) in [6.07, 6.45) is 3.67. The molecule has 0 aromatic heterocycles. The molecule has 0 saturated carbocycles. The van der Waals surface area contributed by atoms with Gasteiger partial charge in [-0.1, -0.05) is 12.1 Å². The Balaban J connectivity index is 0.00000264. The van der Waals surface area contributed by atoms with E-state index in [1.165, 1.54) is 0 Å². The van der Waals surface area contributed by atoms with E-state index in [4.69, 9.17) is 10.5 Å². The fourth-order valence-corrected chi connectivity index (χ4v) is 3.16. The van der Waals surface area contributed by atoms with Gasteiger partial charge in [0.25, 0.3) is 0 Å². The van der Waals surface area contributed by atoms with Crippen molar-refractivity contribution >= 4 is 35.8 Å². The summed E-state index contributed by atoms with van der Waals surface area (Å²) >= 11 is 1.71. The first-order valence-electron chi connectivity index (χ1n) is 7.58. The summed E-state index contributed by atoms with van der Waals surface area (Å²) in [4.78, 5) is 14.3. The van der Waals surface area contributed by atoms with Crippen LogP contribution in [0.3, 0.4) is 0 Å². The van der Waals surface area contributed by atoms with Crippen molar-refractivity contribution in [3.8, 4) is 5.75 Å². The van der Waals surface area contributed by atoms with Crippen molar-refractivity contribution in [1.29, 1.82) is 0 Å². The molecule has 7 heteroatoms. The van der Waals surface area contributed by atoms with Gasteiger partial charge in [-0.3, -0.25) is 4.79 Å². The third-order valence-corrected chi connectivity index (χ3v) is 4.57. The predicted molar refractivity (Wildman–Crippen MR) is 100.0 cm³/mol. The highest BCUT2D eigenvalue weighted by Gasteiger charge is 2.27. The van der Waals surface area contributed by atoms with Gasteiger partial charge in [0.05, 0.1) is 18.8 Å². The van der Waals surface area contributed by atoms with E-state index in [0.29, 0.717) is 0 Å². The molecule has 0 bridgehead atoms. The minimum absolute atomic E-state index is 0. The van der Waals surface area contributed by atoms with E-state index in [1.54, 1.807) is 18.9 Å². The molecule has 1 fully saturated rings. The zero-order valence-electron chi connectivity index (χ0n) is 13.7. The number of carbonyl (C=O) groups is 1. The van der Waals surface area contributed by atoms with E-state index in [0.717, 1.165) is 43.1 Å². The number of para-hydroxylation sites is 2. The lowest BCUT2D eigenvalue weighted by Gasteiger charge is -2.22. The first-order valence-corrected chi connectivity index (χ1v) is 8.98. The van der Waals surface area contributed by atoms with Gasteiger partial charge in [-0.05, 0) is 37.0 Å². The molecule has 5 nitrogen and oxygen atoms in total. The molecule has 3 N–H and O–H groups in total. The van der Waals surface area contributed by atoms with E-state index in [9.17, 15) is 4.79 Å². The molecule has 2 rings (SSSR count). The molecule has 1 aromatic rings. The summed E-state index contributed by atoms with van der Waals surface area (Å²) in [5.74, 6) is 1.74. The number of halogens is 1. The number of rotatable bonds is 7. The zero-order valence-corrected chi connectivity index (χ0v) is 15.3. The van der Waals surface area contributed by atoms with Crippen molar-refractivity contribution in [3.05, 3.63) is 24.3 Å². The van der Waals surface area contributed by atoms with Crippen molar-refractivity contribution in [3.63, 3.8) is 0 Å². The Morgan fingerprint density at radius 3 is 2.96 bits per heavy atom. The number of anilines is 1. The SMILES string of the molecule is COc1ccccc1N1CCC(NC(=O)[C@@H](N)CCSC)C1.Cl. The molecule has 1 aliphatic heterocycles. The zero-order chi connectivity index (χ0) is 15.9. The molecule has 1 saturated heterocycles. The number of benzene rings is 1. The summed E-state index contributed by atoms with van der Waals surface area (Å²) in [7, 11) is 1.68. The van der Waals surface area contributed by atoms with E-state index in [1.807, 2.05) is 30.5 Å². The van der Waals surface area contributed by atoms with Crippen LogP contribution in [0.1, 0.15) is 12.8 Å². The molecule has 0 spiro atoms. The van der Waals surface area contributed by atoms with Gasteiger partial charge in [0, 0.05) is 19.1 Å². The maximum atomic E-state index is 12.1. The highest BCUT2D eigenvalue weighted by atomic mass is 35.5. The van der Waals surface area contributed by atoms with Crippen LogP contribution in [0, 0.1) is 0 Å². The topological polar surface area (TPSA) is 67.6 Å². The molecule has 1 aliphatic rings. The summed E-state index contributed by atoms with van der Waals surface area (Å²) in [5, 5.41) is 3.07. The van der Waals surface area contributed by atoms with Crippen LogP contribution in [0.25, 0.3) is 0 Å². The summed E-state index contributed by atoms with van der Waals surface area (Å²) in [6, 6.07) is 7.71. The lowest BCUT2D eigenvalue weighted by molar-refractivity contribution is -0.122. The quantitative estimate of drug-likeness (QED) is 0.778. The van der Waals surface area contributed by atoms with Gasteiger partial charge < -0.3 is 20.7 Å². The van der Waals surface area contributed by atoms with Crippen LogP contribution in [0.5, 0.6) is 5.75 Å². The van der Waals surface area contributed by atoms with Gasteiger partial charge in [0.15, 0.2) is 0 Å². The van der Waals surface area contributed by atoms with Gasteiger partial charge in [-0.2, -0.15) is 11.8 Å². The number of hydrogen-bond donors (Lipinski definition) is 2. The molecule has 1 aromatic carbocycles. The van der Waals surface area contributed by atoms with Crippen LogP contribution in [-0.4, -0.2) is 50.2 Å². The fourth-order valence-electron chi connectivity index (χ4n) is 2.67. The molecular formula is C16H26ClN3O2S. The summed E-state index contributed by atoms with van der Waals surface area (Å²) < 4.78 is 5.41. The fraction of sp³-hybridized carbons (Fsp3) is 0.562. The Kier molecular flexibility index (Phi) is 8.58. The van der Waals surface area contributed by atoms with Crippen LogP contribution in [-0.2, 0) is 4.79 Å². The number of amides is 1. The molecule has 1 amide bonds. The Labute approximate surface area is 148 Å². The third-order valence-electron chi connectivity index (χ3n) is 3.93. The molecular weight excluding hydrogens is 334 g/mol. The summed E-state index contributed by atoms with van der Waals surface area (Å²) in [6.45, 7) is 1.70. The monoisotopic (exact) mass is 359 g/mol. The lowest BCUT2D eigenvalue weighted by Crippen LogP contribution is -2.46. The smallest absolute Gasteiger partial charge is 0.237 e. The molecule has 130 valence electrons. The minimum atomic E-state index is -0.409. The molecule has 0 radical (unpaired) electrons. The number of nitrogens with zero attached hydrogens (tertiary/aromatic N) is 1. The first-order chi connectivity index (χ1) is 10.7. The standard InChI is InChI=1S/C16H25N3O2S.ClH/c1-21-15-6-4-3-5-14(15)19-9-7-12(11-19)18-16(20)13(17)8-10-22-2;/h3-6,12-13H,7-11,17H2,1-2H3,(H,18,20);1H/t12?,13-;/m0./s1. The van der Waals surface area contributed by atoms with Crippen LogP contribution in [0.15, 0.2) is 24.3 Å². The highest BCUT2D eigenvalue weighted by molar-refractivity contribution is 7.98. The summed E-state index contributed by atoms with van der Waals surface area (Å²) in [5.41, 5.74) is 6.99. The second-order valence-corrected chi connectivity index (χ2v) is 6.49. The van der Waals surface area contributed by atoms with Gasteiger partial charge in [0.1, 0.15) is 5.75 Å². The number of hydrogen-bond acceptors (Lipinski definition) is 5. The van der Waals surface area contributed by atoms with Crippen molar-refractivity contribution in [1.82, 2.24) is 5.32 Å². The Morgan fingerprint density at radius 2 is 2.26 bits per heavy atom. The number of ether oxygens (including phenoxy) is 1. The second-order valence-electron chi connectivity index (χ2n) is 5.50.